The van der Waals surface area contributed by atoms with Crippen LogP contribution in [0.15, 0.2) is 30.3 Å². The number of carbonyl (C=O) groups is 3. The molecule has 1 atom stereocenters. The molecule has 0 aliphatic heterocycles. The van der Waals surface area contributed by atoms with Crippen molar-refractivity contribution in [3.63, 3.8) is 0 Å². The number of primary amides is 1. The Morgan fingerprint density at radius 3 is 2.67 bits per heavy atom. The standard InChI is InChI=1S/C14H15FN2O4/c15-10-3-1-2-9(8-10)4-7-13(19)17-11(14(20)21)5-6-12(16)18/h1-4,7-8,11H,5-6H2,(H2,16,18)(H,17,19)(H,20,21)/b7-4+/t11-/m0/s1. The minimum atomic E-state index is -1.26. The summed E-state index contributed by atoms with van der Waals surface area (Å²) < 4.78 is 12.9. The zero-order valence-electron chi connectivity index (χ0n) is 11.1. The number of rotatable bonds is 7. The van der Waals surface area contributed by atoms with Crippen LogP contribution < -0.4 is 11.1 Å². The average molecular weight is 294 g/mol. The second-order valence-electron chi connectivity index (χ2n) is 4.29. The molecule has 6 nitrogen and oxygen atoms in total. The molecule has 7 heteroatoms. The minimum absolute atomic E-state index is 0.0930. The van der Waals surface area contributed by atoms with E-state index in [0.29, 0.717) is 5.56 Å². The van der Waals surface area contributed by atoms with Crippen molar-refractivity contribution in [2.75, 3.05) is 0 Å². The number of nitrogens with two attached hydrogens (primary N) is 1. The van der Waals surface area contributed by atoms with Crippen LogP contribution in [-0.2, 0) is 14.4 Å². The van der Waals surface area contributed by atoms with E-state index in [9.17, 15) is 18.8 Å². The maximum atomic E-state index is 12.9. The van der Waals surface area contributed by atoms with Gasteiger partial charge in [-0.1, -0.05) is 12.1 Å². The Hall–Kier alpha value is -2.70. The van der Waals surface area contributed by atoms with Gasteiger partial charge in [-0.05, 0) is 30.2 Å². The van der Waals surface area contributed by atoms with Gasteiger partial charge in [-0.25, -0.2) is 9.18 Å². The molecule has 0 aliphatic carbocycles. The summed E-state index contributed by atoms with van der Waals surface area (Å²) in [7, 11) is 0. The Kier molecular flexibility index (Phi) is 6.06. The van der Waals surface area contributed by atoms with Crippen molar-refractivity contribution in [2.45, 2.75) is 18.9 Å². The molecule has 0 aliphatic rings. The summed E-state index contributed by atoms with van der Waals surface area (Å²) in [6, 6.07) is 4.36. The van der Waals surface area contributed by atoms with Crippen LogP contribution >= 0.6 is 0 Å². The van der Waals surface area contributed by atoms with Gasteiger partial charge in [-0.15, -0.1) is 0 Å². The van der Waals surface area contributed by atoms with E-state index in [4.69, 9.17) is 10.8 Å². The monoisotopic (exact) mass is 294 g/mol. The Labute approximate surface area is 120 Å². The predicted octanol–water partition coefficient (Wildman–Crippen LogP) is 0.674. The largest absolute Gasteiger partial charge is 0.480 e. The van der Waals surface area contributed by atoms with Crippen molar-refractivity contribution < 1.29 is 23.9 Å². The Morgan fingerprint density at radius 1 is 1.38 bits per heavy atom. The predicted molar refractivity (Wildman–Crippen MR) is 73.4 cm³/mol. The van der Waals surface area contributed by atoms with Gasteiger partial charge in [0.2, 0.25) is 11.8 Å². The summed E-state index contributed by atoms with van der Waals surface area (Å²) in [6.45, 7) is 0. The highest BCUT2D eigenvalue weighted by Gasteiger charge is 2.19. The van der Waals surface area contributed by atoms with E-state index in [1.807, 2.05) is 0 Å². The van der Waals surface area contributed by atoms with Crippen LogP contribution in [0.5, 0.6) is 0 Å². The number of hydrogen-bond acceptors (Lipinski definition) is 3. The quantitative estimate of drug-likeness (QED) is 0.642. The minimum Gasteiger partial charge on any atom is -0.480 e. The van der Waals surface area contributed by atoms with E-state index in [0.717, 1.165) is 6.08 Å². The number of carboxylic acid groups (broad SMARTS) is 1. The van der Waals surface area contributed by atoms with Gasteiger partial charge in [-0.2, -0.15) is 0 Å². The normalized spacial score (nSPS) is 12.0. The van der Waals surface area contributed by atoms with Crippen LogP contribution in [0.1, 0.15) is 18.4 Å². The molecule has 0 radical (unpaired) electrons. The first-order chi connectivity index (χ1) is 9.88. The molecule has 0 saturated heterocycles. The summed E-state index contributed by atoms with van der Waals surface area (Å²) in [5.74, 6) is -3.01. The lowest BCUT2D eigenvalue weighted by atomic mass is 10.1. The van der Waals surface area contributed by atoms with Crippen LogP contribution in [0.25, 0.3) is 6.08 Å². The molecular weight excluding hydrogens is 279 g/mol. The van der Waals surface area contributed by atoms with Gasteiger partial charge in [-0.3, -0.25) is 9.59 Å². The third kappa shape index (κ3) is 6.33. The third-order valence-electron chi connectivity index (χ3n) is 2.57. The molecule has 1 rings (SSSR count). The molecule has 4 N–H and O–H groups in total. The second kappa shape index (κ2) is 7.78. The van der Waals surface area contributed by atoms with Crippen molar-refractivity contribution in [1.82, 2.24) is 5.32 Å². The Bertz CT molecular complexity index is 572. The van der Waals surface area contributed by atoms with Crippen LogP contribution in [0, 0.1) is 5.82 Å². The molecule has 0 heterocycles. The molecule has 0 bridgehead atoms. The van der Waals surface area contributed by atoms with E-state index in [-0.39, 0.29) is 12.8 Å². The number of halogens is 1. The van der Waals surface area contributed by atoms with E-state index >= 15 is 0 Å². The number of aliphatic carboxylic acids is 1. The van der Waals surface area contributed by atoms with Crippen molar-refractivity contribution in [3.8, 4) is 0 Å². The molecule has 0 aromatic heterocycles. The number of benzene rings is 1. The van der Waals surface area contributed by atoms with Gasteiger partial charge >= 0.3 is 5.97 Å². The molecule has 2 amide bonds. The molecule has 1 aromatic carbocycles. The lowest BCUT2D eigenvalue weighted by Gasteiger charge is -2.11. The summed E-state index contributed by atoms with van der Waals surface area (Å²) in [6.07, 6.45) is 2.20. The highest BCUT2D eigenvalue weighted by Crippen LogP contribution is 2.05. The fourth-order valence-electron chi connectivity index (χ4n) is 1.55. The molecule has 0 fully saturated rings. The lowest BCUT2D eigenvalue weighted by molar-refractivity contribution is -0.141. The van der Waals surface area contributed by atoms with Crippen LogP contribution in [0.3, 0.4) is 0 Å². The molecular formula is C14H15FN2O4. The maximum Gasteiger partial charge on any atom is 0.326 e. The SMILES string of the molecule is NC(=O)CC[C@H](NC(=O)/C=C/c1cccc(F)c1)C(=O)O. The summed E-state index contributed by atoms with van der Waals surface area (Å²) >= 11 is 0. The molecule has 0 unspecified atom stereocenters. The van der Waals surface area contributed by atoms with E-state index < -0.39 is 29.6 Å². The van der Waals surface area contributed by atoms with Gasteiger partial charge in [0.05, 0.1) is 0 Å². The fraction of sp³-hybridized carbons (Fsp3) is 0.214. The van der Waals surface area contributed by atoms with Gasteiger partial charge < -0.3 is 16.2 Å². The van der Waals surface area contributed by atoms with E-state index in [1.54, 1.807) is 6.07 Å². The highest BCUT2D eigenvalue weighted by atomic mass is 19.1. The number of nitrogens with one attached hydrogen (secondary N) is 1. The fourth-order valence-corrected chi connectivity index (χ4v) is 1.55. The highest BCUT2D eigenvalue weighted by molar-refractivity contribution is 5.94. The Morgan fingerprint density at radius 2 is 2.10 bits per heavy atom. The maximum absolute atomic E-state index is 12.9. The number of carboxylic acids is 1. The van der Waals surface area contributed by atoms with Gasteiger partial charge in [0.25, 0.3) is 0 Å². The van der Waals surface area contributed by atoms with Crippen molar-refractivity contribution in [3.05, 3.63) is 41.7 Å². The van der Waals surface area contributed by atoms with Gasteiger partial charge in [0.1, 0.15) is 11.9 Å². The lowest BCUT2D eigenvalue weighted by Crippen LogP contribution is -2.40. The summed E-state index contributed by atoms with van der Waals surface area (Å²) in [5, 5.41) is 11.1. The van der Waals surface area contributed by atoms with Crippen LogP contribution in [0.4, 0.5) is 4.39 Å². The molecule has 21 heavy (non-hydrogen) atoms. The van der Waals surface area contributed by atoms with Crippen LogP contribution in [-0.4, -0.2) is 28.9 Å². The average Bonchev–Trinajstić information content (AvgIpc) is 2.40. The molecule has 1 aromatic rings. The molecule has 112 valence electrons. The zero-order chi connectivity index (χ0) is 15.8. The van der Waals surface area contributed by atoms with Gasteiger partial charge in [0, 0.05) is 12.5 Å². The van der Waals surface area contributed by atoms with E-state index in [1.165, 1.54) is 24.3 Å². The number of amides is 2. The van der Waals surface area contributed by atoms with E-state index in [2.05, 4.69) is 5.32 Å². The molecule has 0 spiro atoms. The zero-order valence-corrected chi connectivity index (χ0v) is 11.1. The first-order valence-electron chi connectivity index (χ1n) is 6.13. The van der Waals surface area contributed by atoms with Crippen molar-refractivity contribution in [2.24, 2.45) is 5.73 Å². The van der Waals surface area contributed by atoms with Crippen molar-refractivity contribution in [1.29, 1.82) is 0 Å². The number of carbonyl (C=O) groups excluding carboxylic acids is 2. The smallest absolute Gasteiger partial charge is 0.326 e. The van der Waals surface area contributed by atoms with Crippen LogP contribution in [0.2, 0.25) is 0 Å². The Balaban J connectivity index is 2.61. The number of hydrogen-bond donors (Lipinski definition) is 3. The first-order valence-corrected chi connectivity index (χ1v) is 6.13. The first kappa shape index (κ1) is 16.4. The summed E-state index contributed by atoms with van der Waals surface area (Å²) in [4.78, 5) is 33.1. The molecule has 0 saturated carbocycles. The topological polar surface area (TPSA) is 109 Å². The summed E-state index contributed by atoms with van der Waals surface area (Å²) in [5.41, 5.74) is 5.39. The second-order valence-corrected chi connectivity index (χ2v) is 4.29. The van der Waals surface area contributed by atoms with Crippen molar-refractivity contribution >= 4 is 23.9 Å². The van der Waals surface area contributed by atoms with Gasteiger partial charge in [0.15, 0.2) is 0 Å². The third-order valence-corrected chi connectivity index (χ3v) is 2.57.